The fraction of sp³-hybridized carbons (Fsp3) is 0.467. The number of hydrogen-bond acceptors (Lipinski definition) is 2. The highest BCUT2D eigenvalue weighted by Gasteiger charge is 2.26. The van der Waals surface area contributed by atoms with Crippen molar-refractivity contribution in [3.8, 4) is 0 Å². The Kier molecular flexibility index (Phi) is 6.20. The fourth-order valence-electron chi connectivity index (χ4n) is 1.93. The third-order valence-electron chi connectivity index (χ3n) is 3.03. The number of rotatable bonds is 5. The maximum Gasteiger partial charge on any atom is 0.245 e. The summed E-state index contributed by atoms with van der Waals surface area (Å²) in [5.74, 6) is -0.217. The topological polar surface area (TPSA) is 49.4 Å². The molecule has 1 aromatic rings. The van der Waals surface area contributed by atoms with Gasteiger partial charge in [0.25, 0.3) is 0 Å². The number of amides is 2. The molecule has 0 spiro atoms. The molecule has 5 heteroatoms. The van der Waals surface area contributed by atoms with Crippen molar-refractivity contribution in [1.29, 1.82) is 0 Å². The van der Waals surface area contributed by atoms with Gasteiger partial charge in [-0.05, 0) is 17.5 Å². The smallest absolute Gasteiger partial charge is 0.245 e. The second-order valence-electron chi connectivity index (χ2n) is 5.21. The first-order valence-electron chi connectivity index (χ1n) is 6.58. The lowest BCUT2D eigenvalue weighted by Gasteiger charge is -2.27. The molecule has 0 aliphatic carbocycles. The number of carbonyl (C=O) groups is 2. The molecule has 2 amide bonds. The lowest BCUT2D eigenvalue weighted by atomic mass is 10.0. The van der Waals surface area contributed by atoms with E-state index >= 15 is 0 Å². The zero-order chi connectivity index (χ0) is 15.3. The van der Waals surface area contributed by atoms with Crippen molar-refractivity contribution in [3.05, 3.63) is 34.3 Å². The Balaban J connectivity index is 2.79. The van der Waals surface area contributed by atoms with Gasteiger partial charge in [0.15, 0.2) is 0 Å². The van der Waals surface area contributed by atoms with E-state index in [4.69, 9.17) is 0 Å². The number of halogens is 1. The number of benzene rings is 1. The van der Waals surface area contributed by atoms with Gasteiger partial charge in [-0.3, -0.25) is 9.59 Å². The highest BCUT2D eigenvalue weighted by Crippen LogP contribution is 2.18. The average molecular weight is 341 g/mol. The van der Waals surface area contributed by atoms with Crippen LogP contribution in [0.15, 0.2) is 28.7 Å². The molecule has 0 aliphatic heterocycles. The van der Waals surface area contributed by atoms with Gasteiger partial charge in [0, 0.05) is 25.0 Å². The van der Waals surface area contributed by atoms with Crippen LogP contribution in [0.5, 0.6) is 0 Å². The van der Waals surface area contributed by atoms with Gasteiger partial charge in [-0.15, -0.1) is 0 Å². The summed E-state index contributed by atoms with van der Waals surface area (Å²) in [4.78, 5) is 25.3. The highest BCUT2D eigenvalue weighted by molar-refractivity contribution is 9.10. The van der Waals surface area contributed by atoms with Crippen molar-refractivity contribution in [3.63, 3.8) is 0 Å². The molecule has 1 aromatic carbocycles. The van der Waals surface area contributed by atoms with Gasteiger partial charge in [0.05, 0.1) is 0 Å². The minimum Gasteiger partial charge on any atom is -0.344 e. The maximum atomic E-state index is 12.4. The van der Waals surface area contributed by atoms with E-state index in [2.05, 4.69) is 21.2 Å². The standard InChI is InChI=1S/C15H21BrN2O2/c1-10(2)14(17-11(3)19)15(20)18(4)9-12-7-5-6-8-13(12)16/h5-8,10,14H,9H2,1-4H3,(H,17,19)/t14-/m1/s1. The zero-order valence-corrected chi connectivity index (χ0v) is 13.9. The van der Waals surface area contributed by atoms with Crippen molar-refractivity contribution in [2.45, 2.75) is 33.4 Å². The van der Waals surface area contributed by atoms with Gasteiger partial charge in [0.2, 0.25) is 11.8 Å². The molecule has 110 valence electrons. The maximum absolute atomic E-state index is 12.4. The van der Waals surface area contributed by atoms with E-state index in [0.29, 0.717) is 6.54 Å². The zero-order valence-electron chi connectivity index (χ0n) is 12.3. The predicted molar refractivity (Wildman–Crippen MR) is 83.1 cm³/mol. The molecule has 0 fully saturated rings. The quantitative estimate of drug-likeness (QED) is 0.895. The molecule has 0 saturated carbocycles. The van der Waals surface area contributed by atoms with Crippen molar-refractivity contribution >= 4 is 27.7 Å². The molecule has 1 atom stereocenters. The molecular formula is C15H21BrN2O2. The molecule has 0 bridgehead atoms. The van der Waals surface area contributed by atoms with E-state index in [1.165, 1.54) is 6.92 Å². The number of hydrogen-bond donors (Lipinski definition) is 1. The van der Waals surface area contributed by atoms with E-state index < -0.39 is 6.04 Å². The molecule has 1 rings (SSSR count). The molecule has 0 aliphatic rings. The Morgan fingerprint density at radius 3 is 2.40 bits per heavy atom. The molecule has 0 saturated heterocycles. The molecule has 0 unspecified atom stereocenters. The third kappa shape index (κ3) is 4.63. The Morgan fingerprint density at radius 2 is 1.90 bits per heavy atom. The van der Waals surface area contributed by atoms with Crippen molar-refractivity contribution in [1.82, 2.24) is 10.2 Å². The van der Waals surface area contributed by atoms with E-state index in [1.54, 1.807) is 11.9 Å². The molecule has 0 aromatic heterocycles. The van der Waals surface area contributed by atoms with Crippen LogP contribution >= 0.6 is 15.9 Å². The van der Waals surface area contributed by atoms with Crippen LogP contribution in [0.25, 0.3) is 0 Å². The summed E-state index contributed by atoms with van der Waals surface area (Å²) in [6.45, 7) is 5.77. The summed E-state index contributed by atoms with van der Waals surface area (Å²) in [5.41, 5.74) is 1.04. The molecule has 20 heavy (non-hydrogen) atoms. The third-order valence-corrected chi connectivity index (χ3v) is 3.81. The van der Waals surface area contributed by atoms with Gasteiger partial charge in [-0.1, -0.05) is 48.0 Å². The van der Waals surface area contributed by atoms with Crippen LogP contribution in [0.1, 0.15) is 26.3 Å². The first-order valence-corrected chi connectivity index (χ1v) is 7.37. The summed E-state index contributed by atoms with van der Waals surface area (Å²) in [7, 11) is 1.75. The van der Waals surface area contributed by atoms with E-state index in [-0.39, 0.29) is 17.7 Å². The summed E-state index contributed by atoms with van der Waals surface area (Å²) in [5, 5.41) is 2.72. The Hall–Kier alpha value is -1.36. The number of carbonyl (C=O) groups excluding carboxylic acids is 2. The number of nitrogens with zero attached hydrogens (tertiary/aromatic N) is 1. The van der Waals surface area contributed by atoms with Crippen LogP contribution in [-0.2, 0) is 16.1 Å². The highest BCUT2D eigenvalue weighted by atomic mass is 79.9. The Labute approximate surface area is 128 Å². The van der Waals surface area contributed by atoms with Crippen LogP contribution in [0, 0.1) is 5.92 Å². The second kappa shape index (κ2) is 7.43. The number of likely N-dealkylation sites (N-methyl/N-ethyl adjacent to an activating group) is 1. The first kappa shape index (κ1) is 16.7. The Bertz CT molecular complexity index is 489. The molecule has 0 heterocycles. The lowest BCUT2D eigenvalue weighted by Crippen LogP contribution is -2.49. The first-order chi connectivity index (χ1) is 9.32. The van der Waals surface area contributed by atoms with Crippen LogP contribution in [0.3, 0.4) is 0 Å². The average Bonchev–Trinajstić information content (AvgIpc) is 2.37. The van der Waals surface area contributed by atoms with Crippen LogP contribution in [0.4, 0.5) is 0 Å². The molecule has 0 radical (unpaired) electrons. The largest absolute Gasteiger partial charge is 0.344 e. The van der Waals surface area contributed by atoms with Crippen molar-refractivity contribution in [2.75, 3.05) is 7.05 Å². The summed E-state index contributed by atoms with van der Waals surface area (Å²) < 4.78 is 0.972. The second-order valence-corrected chi connectivity index (χ2v) is 6.06. The van der Waals surface area contributed by atoms with Crippen LogP contribution < -0.4 is 5.32 Å². The summed E-state index contributed by atoms with van der Waals surface area (Å²) >= 11 is 3.47. The van der Waals surface area contributed by atoms with Gasteiger partial charge >= 0.3 is 0 Å². The molecular weight excluding hydrogens is 320 g/mol. The predicted octanol–water partition coefficient (Wildman–Crippen LogP) is 2.57. The summed E-state index contributed by atoms with van der Waals surface area (Å²) in [6, 6.07) is 7.30. The Morgan fingerprint density at radius 1 is 1.30 bits per heavy atom. The number of nitrogens with one attached hydrogen (secondary N) is 1. The van der Waals surface area contributed by atoms with Crippen LogP contribution in [-0.4, -0.2) is 29.8 Å². The van der Waals surface area contributed by atoms with Gasteiger partial charge in [0.1, 0.15) is 6.04 Å². The van der Waals surface area contributed by atoms with Crippen LogP contribution in [0.2, 0.25) is 0 Å². The van der Waals surface area contributed by atoms with E-state index in [9.17, 15) is 9.59 Å². The SMILES string of the molecule is CC(=O)N[C@@H](C(=O)N(C)Cc1ccccc1Br)C(C)C. The monoisotopic (exact) mass is 340 g/mol. The minimum atomic E-state index is -0.486. The van der Waals surface area contributed by atoms with Crippen molar-refractivity contribution in [2.24, 2.45) is 5.92 Å². The van der Waals surface area contributed by atoms with Crippen molar-refractivity contribution < 1.29 is 9.59 Å². The van der Waals surface area contributed by atoms with Gasteiger partial charge < -0.3 is 10.2 Å². The fourth-order valence-corrected chi connectivity index (χ4v) is 2.34. The van der Waals surface area contributed by atoms with E-state index in [1.807, 2.05) is 38.1 Å². The van der Waals surface area contributed by atoms with E-state index in [0.717, 1.165) is 10.0 Å². The lowest BCUT2D eigenvalue weighted by molar-refractivity contribution is -0.136. The van der Waals surface area contributed by atoms with Gasteiger partial charge in [-0.25, -0.2) is 0 Å². The minimum absolute atomic E-state index is 0.0491. The molecule has 4 nitrogen and oxygen atoms in total. The molecule has 1 N–H and O–H groups in total. The van der Waals surface area contributed by atoms with Gasteiger partial charge in [-0.2, -0.15) is 0 Å². The summed E-state index contributed by atoms with van der Waals surface area (Å²) in [6.07, 6.45) is 0. The normalized spacial score (nSPS) is 12.1.